The van der Waals surface area contributed by atoms with E-state index >= 15 is 0 Å². The third-order valence-corrected chi connectivity index (χ3v) is 3.11. The third-order valence-electron chi connectivity index (χ3n) is 2.59. The largest absolute Gasteiger partial charge is 0.438 e. The first-order valence-electron chi connectivity index (χ1n) is 5.69. The van der Waals surface area contributed by atoms with Gasteiger partial charge in [-0.1, -0.05) is 15.9 Å². The lowest BCUT2D eigenvalue weighted by molar-refractivity contribution is 0.0997. The molecule has 0 fully saturated rings. The predicted octanol–water partition coefficient (Wildman–Crippen LogP) is 3.35. The summed E-state index contributed by atoms with van der Waals surface area (Å²) in [4.78, 5) is 15.7. The van der Waals surface area contributed by atoms with Gasteiger partial charge in [-0.15, -0.1) is 0 Å². The van der Waals surface area contributed by atoms with Crippen molar-refractivity contribution >= 4 is 21.8 Å². The van der Waals surface area contributed by atoms with Crippen molar-refractivity contribution in [1.29, 1.82) is 0 Å². The minimum Gasteiger partial charge on any atom is -0.438 e. The van der Waals surface area contributed by atoms with Crippen LogP contribution in [0.25, 0.3) is 0 Å². The molecule has 0 aliphatic carbocycles. The molecule has 1 heterocycles. The van der Waals surface area contributed by atoms with Crippen molar-refractivity contribution in [2.75, 3.05) is 0 Å². The monoisotopic (exact) mass is 320 g/mol. The molecule has 1 aromatic heterocycles. The first-order valence-corrected chi connectivity index (χ1v) is 6.48. The summed E-state index contributed by atoms with van der Waals surface area (Å²) in [5.41, 5.74) is 7.22. The minimum atomic E-state index is -0.544. The number of nitrogens with zero attached hydrogens (tertiary/aromatic N) is 1. The number of halogens is 1. The van der Waals surface area contributed by atoms with E-state index in [1.807, 2.05) is 26.0 Å². The van der Waals surface area contributed by atoms with Gasteiger partial charge in [0.05, 0.1) is 0 Å². The fraction of sp³-hybridized carbons (Fsp3) is 0.143. The summed E-state index contributed by atoms with van der Waals surface area (Å²) >= 11 is 3.35. The number of hydrogen-bond acceptors (Lipinski definition) is 3. The van der Waals surface area contributed by atoms with Crippen LogP contribution in [0.4, 0.5) is 0 Å². The average molecular weight is 321 g/mol. The number of amides is 1. The first-order chi connectivity index (χ1) is 8.97. The Balaban J connectivity index is 2.44. The fourth-order valence-electron chi connectivity index (χ4n) is 1.79. The number of pyridine rings is 1. The Morgan fingerprint density at radius 3 is 2.47 bits per heavy atom. The van der Waals surface area contributed by atoms with Gasteiger partial charge in [-0.25, -0.2) is 4.98 Å². The van der Waals surface area contributed by atoms with E-state index in [1.165, 1.54) is 0 Å². The van der Waals surface area contributed by atoms with Gasteiger partial charge >= 0.3 is 0 Å². The van der Waals surface area contributed by atoms with Crippen LogP contribution in [0.1, 0.15) is 21.6 Å². The molecule has 19 heavy (non-hydrogen) atoms. The Bertz CT molecular complexity index is 624. The van der Waals surface area contributed by atoms with Crippen molar-refractivity contribution in [3.05, 3.63) is 51.6 Å². The number of rotatable bonds is 3. The molecule has 5 heteroatoms. The highest BCUT2D eigenvalue weighted by atomic mass is 79.9. The van der Waals surface area contributed by atoms with Gasteiger partial charge in [0.1, 0.15) is 11.3 Å². The maximum atomic E-state index is 11.5. The second kappa shape index (κ2) is 5.40. The zero-order valence-electron chi connectivity index (χ0n) is 10.6. The first kappa shape index (κ1) is 13.5. The van der Waals surface area contributed by atoms with Crippen molar-refractivity contribution in [2.45, 2.75) is 13.8 Å². The molecule has 0 spiro atoms. The molecule has 2 aromatic rings. The number of ether oxygens (including phenoxy) is 1. The SMILES string of the molecule is Cc1cc(C)c(C(N)=O)c(Oc2ccc(Br)cc2)n1. The molecule has 0 unspecified atom stereocenters. The van der Waals surface area contributed by atoms with Gasteiger partial charge in [0.15, 0.2) is 0 Å². The summed E-state index contributed by atoms with van der Waals surface area (Å²) in [7, 11) is 0. The molecular weight excluding hydrogens is 308 g/mol. The molecule has 4 nitrogen and oxygen atoms in total. The Labute approximate surface area is 119 Å². The minimum absolute atomic E-state index is 0.243. The van der Waals surface area contributed by atoms with Crippen LogP contribution in [-0.2, 0) is 0 Å². The average Bonchev–Trinajstić information content (AvgIpc) is 2.30. The standard InChI is InChI=1S/C14H13BrN2O2/c1-8-7-9(2)17-14(12(8)13(16)18)19-11-5-3-10(15)4-6-11/h3-7H,1-2H3,(H2,16,18). The molecule has 0 radical (unpaired) electrons. The highest BCUT2D eigenvalue weighted by molar-refractivity contribution is 9.10. The van der Waals surface area contributed by atoms with E-state index in [4.69, 9.17) is 10.5 Å². The number of aryl methyl sites for hydroxylation is 2. The summed E-state index contributed by atoms with van der Waals surface area (Å²) in [6.07, 6.45) is 0. The molecule has 0 bridgehead atoms. The van der Waals surface area contributed by atoms with Crippen LogP contribution >= 0.6 is 15.9 Å². The maximum absolute atomic E-state index is 11.5. The van der Waals surface area contributed by atoms with Gasteiger partial charge in [-0.2, -0.15) is 0 Å². The quantitative estimate of drug-likeness (QED) is 0.943. The van der Waals surface area contributed by atoms with Gasteiger partial charge in [-0.3, -0.25) is 4.79 Å². The highest BCUT2D eigenvalue weighted by Gasteiger charge is 2.16. The van der Waals surface area contributed by atoms with E-state index in [0.717, 1.165) is 15.7 Å². The van der Waals surface area contributed by atoms with Crippen molar-refractivity contribution < 1.29 is 9.53 Å². The highest BCUT2D eigenvalue weighted by Crippen LogP contribution is 2.27. The molecule has 2 rings (SSSR count). The lowest BCUT2D eigenvalue weighted by Gasteiger charge is -2.11. The fourth-order valence-corrected chi connectivity index (χ4v) is 2.05. The van der Waals surface area contributed by atoms with E-state index in [0.29, 0.717) is 11.3 Å². The second-order valence-corrected chi connectivity index (χ2v) is 5.10. The van der Waals surface area contributed by atoms with Crippen molar-refractivity contribution in [3.8, 4) is 11.6 Å². The van der Waals surface area contributed by atoms with Crippen LogP contribution in [0, 0.1) is 13.8 Å². The Morgan fingerprint density at radius 2 is 1.89 bits per heavy atom. The Morgan fingerprint density at radius 1 is 1.26 bits per heavy atom. The maximum Gasteiger partial charge on any atom is 0.254 e. The summed E-state index contributed by atoms with van der Waals surface area (Å²) in [5, 5.41) is 0. The zero-order chi connectivity index (χ0) is 14.0. The van der Waals surface area contributed by atoms with Gasteiger partial charge < -0.3 is 10.5 Å². The van der Waals surface area contributed by atoms with Crippen LogP contribution in [0.2, 0.25) is 0 Å². The molecule has 1 aromatic carbocycles. The summed E-state index contributed by atoms with van der Waals surface area (Å²) in [6, 6.07) is 9.07. The molecule has 0 saturated heterocycles. The van der Waals surface area contributed by atoms with E-state index < -0.39 is 5.91 Å². The molecule has 0 aliphatic heterocycles. The van der Waals surface area contributed by atoms with Crippen LogP contribution in [0.15, 0.2) is 34.8 Å². The molecule has 0 aliphatic rings. The van der Waals surface area contributed by atoms with E-state index in [9.17, 15) is 4.79 Å². The van der Waals surface area contributed by atoms with E-state index in [1.54, 1.807) is 18.2 Å². The molecule has 0 atom stereocenters. The Hall–Kier alpha value is -1.88. The van der Waals surface area contributed by atoms with Gasteiger partial charge in [0, 0.05) is 10.2 Å². The number of nitrogens with two attached hydrogens (primary N) is 1. The number of carbonyl (C=O) groups is 1. The lowest BCUT2D eigenvalue weighted by Crippen LogP contribution is -2.15. The summed E-state index contributed by atoms with van der Waals surface area (Å²) in [6.45, 7) is 3.65. The number of hydrogen-bond donors (Lipinski definition) is 1. The van der Waals surface area contributed by atoms with Gasteiger partial charge in [0.2, 0.25) is 5.88 Å². The molecular formula is C14H13BrN2O2. The third kappa shape index (κ3) is 3.12. The lowest BCUT2D eigenvalue weighted by atomic mass is 10.1. The number of benzene rings is 1. The van der Waals surface area contributed by atoms with Crippen molar-refractivity contribution in [1.82, 2.24) is 4.98 Å². The van der Waals surface area contributed by atoms with Crippen LogP contribution < -0.4 is 10.5 Å². The summed E-state index contributed by atoms with van der Waals surface area (Å²) in [5.74, 6) is 0.299. The van der Waals surface area contributed by atoms with Crippen LogP contribution in [-0.4, -0.2) is 10.9 Å². The van der Waals surface area contributed by atoms with Crippen molar-refractivity contribution in [2.24, 2.45) is 5.73 Å². The second-order valence-electron chi connectivity index (χ2n) is 4.18. The van der Waals surface area contributed by atoms with E-state index in [2.05, 4.69) is 20.9 Å². The zero-order valence-corrected chi connectivity index (χ0v) is 12.2. The van der Waals surface area contributed by atoms with Gasteiger partial charge in [0.25, 0.3) is 5.91 Å². The molecule has 0 saturated carbocycles. The number of aromatic nitrogens is 1. The van der Waals surface area contributed by atoms with Crippen LogP contribution in [0.3, 0.4) is 0 Å². The number of carbonyl (C=O) groups excluding carboxylic acids is 1. The molecule has 98 valence electrons. The smallest absolute Gasteiger partial charge is 0.254 e. The Kier molecular flexibility index (Phi) is 3.85. The van der Waals surface area contributed by atoms with Gasteiger partial charge in [-0.05, 0) is 49.7 Å². The van der Waals surface area contributed by atoms with E-state index in [-0.39, 0.29) is 5.88 Å². The molecule has 1 amide bonds. The topological polar surface area (TPSA) is 65.2 Å². The predicted molar refractivity (Wildman–Crippen MR) is 76.4 cm³/mol. The van der Waals surface area contributed by atoms with Crippen molar-refractivity contribution in [3.63, 3.8) is 0 Å². The van der Waals surface area contributed by atoms with Crippen LogP contribution in [0.5, 0.6) is 11.6 Å². The molecule has 2 N–H and O–H groups in total. The number of primary amides is 1. The normalized spacial score (nSPS) is 10.3. The summed E-state index contributed by atoms with van der Waals surface area (Å²) < 4.78 is 6.60.